The Kier molecular flexibility index (Phi) is 4.43. The summed E-state index contributed by atoms with van der Waals surface area (Å²) in [4.78, 5) is 16.4. The zero-order chi connectivity index (χ0) is 18.2. The number of hydrogen-bond donors (Lipinski definition) is 0. The van der Waals surface area contributed by atoms with E-state index in [1.54, 1.807) is 18.5 Å². The van der Waals surface area contributed by atoms with Crippen molar-refractivity contribution in [2.75, 3.05) is 7.11 Å². The summed E-state index contributed by atoms with van der Waals surface area (Å²) in [5, 5.41) is 0. The van der Waals surface area contributed by atoms with Crippen LogP contribution in [0.15, 0.2) is 42.7 Å². The van der Waals surface area contributed by atoms with Crippen LogP contribution in [0.2, 0.25) is 0 Å². The van der Waals surface area contributed by atoms with E-state index in [1.807, 2.05) is 52.0 Å². The first-order valence-corrected chi connectivity index (χ1v) is 8.23. The predicted molar refractivity (Wildman–Crippen MR) is 96.7 cm³/mol. The van der Waals surface area contributed by atoms with Gasteiger partial charge in [0.2, 0.25) is 0 Å². The summed E-state index contributed by atoms with van der Waals surface area (Å²) in [6.45, 7) is 7.99. The van der Waals surface area contributed by atoms with Gasteiger partial charge in [0, 0.05) is 18.0 Å². The molecule has 1 aromatic carbocycles. The molecule has 6 heteroatoms. The van der Waals surface area contributed by atoms with Crippen molar-refractivity contribution in [3.63, 3.8) is 0 Å². The molecule has 1 saturated heterocycles. The number of esters is 1. The van der Waals surface area contributed by atoms with Crippen LogP contribution in [-0.2, 0) is 14.0 Å². The van der Waals surface area contributed by atoms with Crippen LogP contribution in [0.3, 0.4) is 0 Å². The lowest BCUT2D eigenvalue weighted by molar-refractivity contribution is 0.00578. The van der Waals surface area contributed by atoms with E-state index in [2.05, 4.69) is 4.98 Å². The molecule has 1 aromatic heterocycles. The molecule has 0 spiro atoms. The lowest BCUT2D eigenvalue weighted by atomic mass is 9.77. The summed E-state index contributed by atoms with van der Waals surface area (Å²) in [6, 6.07) is 9.30. The molecule has 2 heterocycles. The highest BCUT2D eigenvalue weighted by Gasteiger charge is 2.51. The molecule has 2 aromatic rings. The molecule has 130 valence electrons. The van der Waals surface area contributed by atoms with Crippen LogP contribution in [0, 0.1) is 0 Å². The summed E-state index contributed by atoms with van der Waals surface area (Å²) in [6.07, 6.45) is 3.41. The maximum atomic E-state index is 12.3. The Labute approximate surface area is 148 Å². The number of ether oxygens (including phenoxy) is 1. The molecule has 0 N–H and O–H groups in total. The van der Waals surface area contributed by atoms with E-state index in [4.69, 9.17) is 14.0 Å². The first-order valence-electron chi connectivity index (χ1n) is 8.23. The van der Waals surface area contributed by atoms with E-state index in [1.165, 1.54) is 7.11 Å². The average molecular weight is 339 g/mol. The van der Waals surface area contributed by atoms with E-state index >= 15 is 0 Å². The maximum Gasteiger partial charge on any atom is 0.494 e. The Bertz CT molecular complexity index is 773. The number of aromatic nitrogens is 1. The summed E-state index contributed by atoms with van der Waals surface area (Å²) in [5.41, 5.74) is 1.98. The zero-order valence-corrected chi connectivity index (χ0v) is 15.2. The molecule has 5 nitrogen and oxygen atoms in total. The zero-order valence-electron chi connectivity index (χ0n) is 15.2. The van der Waals surface area contributed by atoms with Crippen LogP contribution in [0.5, 0.6) is 0 Å². The van der Waals surface area contributed by atoms with E-state index < -0.39 is 24.3 Å². The van der Waals surface area contributed by atoms with E-state index in [0.29, 0.717) is 5.56 Å². The van der Waals surface area contributed by atoms with Crippen LogP contribution in [0.4, 0.5) is 0 Å². The Morgan fingerprint density at radius 2 is 1.80 bits per heavy atom. The fourth-order valence-electron chi connectivity index (χ4n) is 2.74. The molecule has 0 aliphatic carbocycles. The van der Waals surface area contributed by atoms with Crippen molar-refractivity contribution in [1.82, 2.24) is 4.98 Å². The summed E-state index contributed by atoms with van der Waals surface area (Å²) < 4.78 is 17.1. The van der Waals surface area contributed by atoms with E-state index in [9.17, 15) is 4.79 Å². The number of nitrogens with zero attached hydrogens (tertiary/aromatic N) is 1. The number of pyridine rings is 1. The highest BCUT2D eigenvalue weighted by Crippen LogP contribution is 2.36. The van der Waals surface area contributed by atoms with Gasteiger partial charge in [-0.1, -0.05) is 18.2 Å². The third kappa shape index (κ3) is 3.19. The van der Waals surface area contributed by atoms with Gasteiger partial charge in [-0.2, -0.15) is 0 Å². The van der Waals surface area contributed by atoms with Gasteiger partial charge in [-0.25, -0.2) is 4.79 Å². The second kappa shape index (κ2) is 6.28. The molecule has 1 fully saturated rings. The Morgan fingerprint density at radius 1 is 1.12 bits per heavy atom. The smallest absolute Gasteiger partial charge is 0.465 e. The number of rotatable bonds is 3. The third-order valence-corrected chi connectivity index (χ3v) is 4.95. The summed E-state index contributed by atoms with van der Waals surface area (Å²) in [5.74, 6) is -0.405. The molecule has 0 amide bonds. The minimum Gasteiger partial charge on any atom is -0.465 e. The molecule has 0 saturated carbocycles. The minimum absolute atomic E-state index is 0.405. The van der Waals surface area contributed by atoms with Gasteiger partial charge in [0.25, 0.3) is 0 Å². The molecule has 0 radical (unpaired) electrons. The van der Waals surface area contributed by atoms with Crippen molar-refractivity contribution in [3.8, 4) is 11.1 Å². The molecule has 1 aliphatic rings. The monoisotopic (exact) mass is 339 g/mol. The van der Waals surface area contributed by atoms with Crippen molar-refractivity contribution in [3.05, 3.63) is 48.3 Å². The Balaban J connectivity index is 2.03. The van der Waals surface area contributed by atoms with Gasteiger partial charge in [-0.05, 0) is 50.9 Å². The quantitative estimate of drug-likeness (QED) is 0.636. The summed E-state index contributed by atoms with van der Waals surface area (Å²) >= 11 is 0. The van der Waals surface area contributed by atoms with Crippen molar-refractivity contribution >= 4 is 18.6 Å². The van der Waals surface area contributed by atoms with Crippen molar-refractivity contribution < 1.29 is 18.8 Å². The third-order valence-electron chi connectivity index (χ3n) is 4.95. The molecule has 25 heavy (non-hydrogen) atoms. The van der Waals surface area contributed by atoms with Gasteiger partial charge in [0.05, 0.1) is 23.9 Å². The van der Waals surface area contributed by atoms with Crippen LogP contribution in [0.25, 0.3) is 11.1 Å². The van der Waals surface area contributed by atoms with Gasteiger partial charge in [0.15, 0.2) is 0 Å². The largest absolute Gasteiger partial charge is 0.494 e. The van der Waals surface area contributed by atoms with Crippen molar-refractivity contribution in [2.45, 2.75) is 38.9 Å². The second-order valence-corrected chi connectivity index (χ2v) is 7.13. The normalized spacial score (nSPS) is 18.2. The van der Waals surface area contributed by atoms with Crippen LogP contribution >= 0.6 is 0 Å². The number of methoxy groups -OCH3 is 1. The van der Waals surface area contributed by atoms with Gasteiger partial charge >= 0.3 is 13.1 Å². The van der Waals surface area contributed by atoms with Gasteiger partial charge in [-0.3, -0.25) is 4.98 Å². The molecule has 1 aliphatic heterocycles. The average Bonchev–Trinajstić information content (AvgIpc) is 2.82. The lowest BCUT2D eigenvalue weighted by Gasteiger charge is -2.32. The lowest BCUT2D eigenvalue weighted by Crippen LogP contribution is -2.41. The molecular weight excluding hydrogens is 317 g/mol. The molecule has 0 unspecified atom stereocenters. The number of carbonyl (C=O) groups is 1. The van der Waals surface area contributed by atoms with Crippen molar-refractivity contribution in [1.29, 1.82) is 0 Å². The number of hydrogen-bond acceptors (Lipinski definition) is 5. The first-order chi connectivity index (χ1) is 11.7. The van der Waals surface area contributed by atoms with Crippen molar-refractivity contribution in [2.24, 2.45) is 0 Å². The number of benzene rings is 1. The van der Waals surface area contributed by atoms with E-state index in [-0.39, 0.29) is 0 Å². The van der Waals surface area contributed by atoms with E-state index in [0.717, 1.165) is 16.6 Å². The van der Waals surface area contributed by atoms with Gasteiger partial charge in [0.1, 0.15) is 0 Å². The Hall–Kier alpha value is -2.18. The van der Waals surface area contributed by atoms with Gasteiger partial charge in [-0.15, -0.1) is 0 Å². The van der Waals surface area contributed by atoms with Crippen LogP contribution in [-0.4, -0.2) is 36.4 Å². The highest BCUT2D eigenvalue weighted by atomic mass is 16.7. The Morgan fingerprint density at radius 3 is 2.36 bits per heavy atom. The first kappa shape index (κ1) is 17.6. The van der Waals surface area contributed by atoms with Gasteiger partial charge < -0.3 is 14.0 Å². The fourth-order valence-corrected chi connectivity index (χ4v) is 2.74. The van der Waals surface area contributed by atoms with Crippen LogP contribution in [0.1, 0.15) is 38.1 Å². The second-order valence-electron chi connectivity index (χ2n) is 7.13. The molecule has 3 rings (SSSR count). The molecule has 0 atom stereocenters. The minimum atomic E-state index is -0.531. The topological polar surface area (TPSA) is 57.7 Å². The summed E-state index contributed by atoms with van der Waals surface area (Å²) in [7, 11) is 0.841. The standard InChI is InChI=1S/C19H22BNO4/c1-18(2)19(3,4)25-20(24-18)14-8-9-15(13-7-6-10-21-12-13)16(11-14)17(22)23-5/h6-12H,1-5H3. The predicted octanol–water partition coefficient (Wildman–Crippen LogP) is 2.83. The molecule has 0 bridgehead atoms. The van der Waals surface area contributed by atoms with Crippen LogP contribution < -0.4 is 5.46 Å². The number of carbonyl (C=O) groups excluding carboxylic acids is 1. The maximum absolute atomic E-state index is 12.3. The highest BCUT2D eigenvalue weighted by molar-refractivity contribution is 6.62. The SMILES string of the molecule is COC(=O)c1cc(B2OC(C)(C)C(C)(C)O2)ccc1-c1cccnc1. The fraction of sp³-hybridized carbons (Fsp3) is 0.368. The molecular formula is C19H22BNO4.